The first kappa shape index (κ1) is 13.9. The van der Waals surface area contributed by atoms with E-state index in [2.05, 4.69) is 5.32 Å². The van der Waals surface area contributed by atoms with Crippen molar-refractivity contribution in [3.63, 3.8) is 0 Å². The predicted octanol–water partition coefficient (Wildman–Crippen LogP) is 2.85. The van der Waals surface area contributed by atoms with Crippen LogP contribution in [0.1, 0.15) is 19.4 Å². The molecule has 0 aliphatic rings. The molecule has 0 unspecified atom stereocenters. The van der Waals surface area contributed by atoms with E-state index in [0.717, 1.165) is 12.1 Å². The molecule has 0 bridgehead atoms. The molecule has 1 aromatic carbocycles. The van der Waals surface area contributed by atoms with Crippen molar-refractivity contribution >= 4 is 17.5 Å². The van der Waals surface area contributed by atoms with E-state index in [0.29, 0.717) is 5.56 Å². The summed E-state index contributed by atoms with van der Waals surface area (Å²) in [7, 11) is 0. The summed E-state index contributed by atoms with van der Waals surface area (Å²) in [4.78, 5) is 11.7. The monoisotopic (exact) mass is 261 g/mol. The molecule has 0 fully saturated rings. The summed E-state index contributed by atoms with van der Waals surface area (Å²) in [6, 6.07) is 3.51. The number of carbonyl (C=O) groups is 1. The molecule has 5 heteroatoms. The van der Waals surface area contributed by atoms with E-state index in [1.54, 1.807) is 13.8 Å². The normalized spacial score (nSPS) is 11.4. The Morgan fingerprint density at radius 1 is 1.35 bits per heavy atom. The molecular formula is C12H14ClF2NO. The number of nitrogens with one attached hydrogen (secondary N) is 1. The SMILES string of the molecule is CC(C)(CCl)C(=O)NCc1ccc(F)c(F)c1. The van der Waals surface area contributed by atoms with Crippen LogP contribution in [0.2, 0.25) is 0 Å². The number of hydrogen-bond donors (Lipinski definition) is 1. The van der Waals surface area contributed by atoms with Crippen LogP contribution in [0.25, 0.3) is 0 Å². The van der Waals surface area contributed by atoms with E-state index >= 15 is 0 Å². The van der Waals surface area contributed by atoms with Gasteiger partial charge >= 0.3 is 0 Å². The van der Waals surface area contributed by atoms with Gasteiger partial charge in [0.1, 0.15) is 0 Å². The Hall–Kier alpha value is -1.16. The summed E-state index contributed by atoms with van der Waals surface area (Å²) in [5.74, 6) is -1.86. The molecular weight excluding hydrogens is 248 g/mol. The molecule has 0 saturated heterocycles. The summed E-state index contributed by atoms with van der Waals surface area (Å²) in [6.07, 6.45) is 0. The fourth-order valence-corrected chi connectivity index (χ4v) is 1.25. The molecule has 0 atom stereocenters. The minimum absolute atomic E-state index is 0.149. The lowest BCUT2D eigenvalue weighted by molar-refractivity contribution is -0.128. The van der Waals surface area contributed by atoms with Gasteiger partial charge in [-0.1, -0.05) is 6.07 Å². The zero-order valence-electron chi connectivity index (χ0n) is 9.69. The lowest BCUT2D eigenvalue weighted by atomic mass is 9.95. The second-order valence-electron chi connectivity index (χ2n) is 4.45. The summed E-state index contributed by atoms with van der Waals surface area (Å²) in [5, 5.41) is 2.62. The molecule has 1 aromatic rings. The maximum atomic E-state index is 12.9. The Kier molecular flexibility index (Phi) is 4.46. The van der Waals surface area contributed by atoms with Gasteiger partial charge in [0.15, 0.2) is 11.6 Å². The maximum absolute atomic E-state index is 12.9. The first-order valence-electron chi connectivity index (χ1n) is 5.15. The number of carbonyl (C=O) groups excluding carboxylic acids is 1. The Balaban J connectivity index is 2.62. The van der Waals surface area contributed by atoms with Crippen LogP contribution in [-0.4, -0.2) is 11.8 Å². The van der Waals surface area contributed by atoms with Gasteiger partial charge < -0.3 is 5.32 Å². The topological polar surface area (TPSA) is 29.1 Å². The quantitative estimate of drug-likeness (QED) is 0.830. The van der Waals surface area contributed by atoms with E-state index in [4.69, 9.17) is 11.6 Å². The Labute approximate surface area is 104 Å². The average molecular weight is 262 g/mol. The minimum Gasteiger partial charge on any atom is -0.352 e. The summed E-state index contributed by atoms with van der Waals surface area (Å²) >= 11 is 5.65. The van der Waals surface area contributed by atoms with Crippen molar-refractivity contribution in [3.05, 3.63) is 35.4 Å². The molecule has 0 radical (unpaired) electrons. The van der Waals surface area contributed by atoms with E-state index in [1.807, 2.05) is 0 Å². The highest BCUT2D eigenvalue weighted by molar-refractivity contribution is 6.19. The second-order valence-corrected chi connectivity index (χ2v) is 4.72. The molecule has 1 N–H and O–H groups in total. The van der Waals surface area contributed by atoms with Gasteiger partial charge in [0, 0.05) is 12.4 Å². The molecule has 17 heavy (non-hydrogen) atoms. The number of hydrogen-bond acceptors (Lipinski definition) is 1. The van der Waals surface area contributed by atoms with Crippen molar-refractivity contribution in [1.82, 2.24) is 5.32 Å². The third-order valence-corrected chi connectivity index (χ3v) is 3.05. The van der Waals surface area contributed by atoms with Gasteiger partial charge in [0.25, 0.3) is 0 Å². The third-order valence-electron chi connectivity index (χ3n) is 2.39. The molecule has 1 amide bonds. The van der Waals surface area contributed by atoms with Crippen molar-refractivity contribution in [2.75, 3.05) is 5.88 Å². The molecule has 0 heterocycles. The third kappa shape index (κ3) is 3.66. The van der Waals surface area contributed by atoms with Gasteiger partial charge in [-0.25, -0.2) is 8.78 Å². The van der Waals surface area contributed by atoms with Crippen LogP contribution in [-0.2, 0) is 11.3 Å². The number of amides is 1. The molecule has 0 spiro atoms. The van der Waals surface area contributed by atoms with E-state index in [9.17, 15) is 13.6 Å². The number of alkyl halides is 1. The van der Waals surface area contributed by atoms with Crippen molar-refractivity contribution in [2.24, 2.45) is 5.41 Å². The van der Waals surface area contributed by atoms with Crippen LogP contribution in [0, 0.1) is 17.0 Å². The van der Waals surface area contributed by atoms with Crippen LogP contribution in [0.5, 0.6) is 0 Å². The average Bonchev–Trinajstić information content (AvgIpc) is 2.30. The Morgan fingerprint density at radius 3 is 2.53 bits per heavy atom. The van der Waals surface area contributed by atoms with Crippen molar-refractivity contribution in [1.29, 1.82) is 0 Å². The highest BCUT2D eigenvalue weighted by atomic mass is 35.5. The van der Waals surface area contributed by atoms with Gasteiger partial charge in [-0.3, -0.25) is 4.79 Å². The Bertz CT molecular complexity index is 421. The van der Waals surface area contributed by atoms with Crippen molar-refractivity contribution in [2.45, 2.75) is 20.4 Å². The fraction of sp³-hybridized carbons (Fsp3) is 0.417. The molecule has 2 nitrogen and oxygen atoms in total. The standard InChI is InChI=1S/C12H14ClF2NO/c1-12(2,7-13)11(17)16-6-8-3-4-9(14)10(15)5-8/h3-5H,6-7H2,1-2H3,(H,16,17). The first-order chi connectivity index (χ1) is 7.86. The highest BCUT2D eigenvalue weighted by Gasteiger charge is 2.25. The zero-order valence-corrected chi connectivity index (χ0v) is 10.4. The van der Waals surface area contributed by atoms with Gasteiger partial charge in [-0.05, 0) is 31.5 Å². The summed E-state index contributed by atoms with van der Waals surface area (Å²) < 4.78 is 25.6. The first-order valence-corrected chi connectivity index (χ1v) is 5.68. The highest BCUT2D eigenvalue weighted by Crippen LogP contribution is 2.17. The van der Waals surface area contributed by atoms with E-state index in [-0.39, 0.29) is 18.3 Å². The molecule has 0 aromatic heterocycles. The van der Waals surface area contributed by atoms with Crippen molar-refractivity contribution in [3.8, 4) is 0 Å². The lowest BCUT2D eigenvalue weighted by Crippen LogP contribution is -2.37. The zero-order chi connectivity index (χ0) is 13.1. The fourth-order valence-electron chi connectivity index (χ4n) is 1.13. The molecule has 1 rings (SSSR count). The van der Waals surface area contributed by atoms with E-state index < -0.39 is 17.0 Å². The van der Waals surface area contributed by atoms with Crippen LogP contribution in [0.4, 0.5) is 8.78 Å². The van der Waals surface area contributed by atoms with Crippen LogP contribution >= 0.6 is 11.6 Å². The predicted molar refractivity (Wildman–Crippen MR) is 62.7 cm³/mol. The molecule has 0 aliphatic carbocycles. The molecule has 94 valence electrons. The summed E-state index contributed by atoms with van der Waals surface area (Å²) in [6.45, 7) is 3.57. The largest absolute Gasteiger partial charge is 0.352 e. The second kappa shape index (κ2) is 5.45. The molecule has 0 aliphatic heterocycles. The Morgan fingerprint density at radius 2 is 2.00 bits per heavy atom. The van der Waals surface area contributed by atoms with Crippen LogP contribution in [0.3, 0.4) is 0 Å². The maximum Gasteiger partial charge on any atom is 0.227 e. The number of rotatable bonds is 4. The van der Waals surface area contributed by atoms with Crippen LogP contribution < -0.4 is 5.32 Å². The van der Waals surface area contributed by atoms with Gasteiger partial charge in [-0.15, -0.1) is 11.6 Å². The van der Waals surface area contributed by atoms with E-state index in [1.165, 1.54) is 6.07 Å². The summed E-state index contributed by atoms with van der Waals surface area (Å²) in [5.41, 5.74) is -0.178. The lowest BCUT2D eigenvalue weighted by Gasteiger charge is -2.20. The van der Waals surface area contributed by atoms with Gasteiger partial charge in [0.2, 0.25) is 5.91 Å². The van der Waals surface area contributed by atoms with Crippen molar-refractivity contribution < 1.29 is 13.6 Å². The molecule has 0 saturated carbocycles. The minimum atomic E-state index is -0.923. The smallest absolute Gasteiger partial charge is 0.227 e. The van der Waals surface area contributed by atoms with Gasteiger partial charge in [0.05, 0.1) is 5.41 Å². The van der Waals surface area contributed by atoms with Gasteiger partial charge in [-0.2, -0.15) is 0 Å². The number of benzene rings is 1. The number of halogens is 3. The van der Waals surface area contributed by atoms with Crippen LogP contribution in [0.15, 0.2) is 18.2 Å².